The molecule has 0 aliphatic rings. The summed E-state index contributed by atoms with van der Waals surface area (Å²) >= 11 is 0. The molecule has 114 valence electrons. The summed E-state index contributed by atoms with van der Waals surface area (Å²) in [5.41, 5.74) is 2.81. The maximum Gasteiger partial charge on any atom is 0.334 e. The van der Waals surface area contributed by atoms with E-state index in [1.165, 1.54) is 0 Å². The number of unbranched alkanes of at least 4 members (excludes halogenated alkanes) is 1. The first-order valence-electron chi connectivity index (χ1n) is 7.76. The third-order valence-electron chi connectivity index (χ3n) is 3.37. The molecule has 2 aromatic rings. The van der Waals surface area contributed by atoms with Crippen molar-refractivity contribution in [3.8, 4) is 0 Å². The average Bonchev–Trinajstić information content (AvgIpc) is 2.56. The van der Waals surface area contributed by atoms with E-state index in [1.54, 1.807) is 0 Å². The quantitative estimate of drug-likeness (QED) is 0.422. The van der Waals surface area contributed by atoms with E-state index in [4.69, 9.17) is 4.74 Å². The highest BCUT2D eigenvalue weighted by Gasteiger charge is 2.12. The highest BCUT2D eigenvalue weighted by Crippen LogP contribution is 2.14. The Bertz CT molecular complexity index is 600. The van der Waals surface area contributed by atoms with Gasteiger partial charge in [-0.1, -0.05) is 74.0 Å². The maximum atomic E-state index is 12.3. The normalized spacial score (nSPS) is 11.2. The summed E-state index contributed by atoms with van der Waals surface area (Å²) in [6.45, 7) is 2.56. The van der Waals surface area contributed by atoms with Crippen molar-refractivity contribution < 1.29 is 9.53 Å². The number of rotatable bonds is 7. The van der Waals surface area contributed by atoms with Crippen molar-refractivity contribution in [1.82, 2.24) is 0 Å². The first kappa shape index (κ1) is 16.0. The smallest absolute Gasteiger partial charge is 0.334 e. The number of benzene rings is 2. The number of carbonyl (C=O) groups is 1. The molecule has 22 heavy (non-hydrogen) atoms. The number of esters is 1. The van der Waals surface area contributed by atoms with Gasteiger partial charge >= 0.3 is 5.97 Å². The third kappa shape index (κ3) is 5.21. The maximum absolute atomic E-state index is 12.3. The van der Waals surface area contributed by atoms with Crippen LogP contribution in [0.3, 0.4) is 0 Å². The third-order valence-corrected chi connectivity index (χ3v) is 3.37. The van der Waals surface area contributed by atoms with E-state index in [9.17, 15) is 4.79 Å². The predicted octanol–water partition coefficient (Wildman–Crippen LogP) is 4.66. The average molecular weight is 294 g/mol. The lowest BCUT2D eigenvalue weighted by atomic mass is 10.0. The van der Waals surface area contributed by atoms with E-state index < -0.39 is 0 Å². The summed E-state index contributed by atoms with van der Waals surface area (Å²) in [7, 11) is 0. The van der Waals surface area contributed by atoms with Crippen molar-refractivity contribution in [3.05, 3.63) is 77.4 Å². The summed E-state index contributed by atoms with van der Waals surface area (Å²) in [6, 6.07) is 19.9. The van der Waals surface area contributed by atoms with E-state index in [-0.39, 0.29) is 5.97 Å². The topological polar surface area (TPSA) is 26.3 Å². The van der Waals surface area contributed by atoms with Crippen LogP contribution < -0.4 is 0 Å². The Balaban J connectivity index is 2.17. The SMILES string of the molecule is CCCCOC(=O)/C(=C\c1ccccc1)Cc1ccccc1. The number of hydrogen-bond acceptors (Lipinski definition) is 2. The van der Waals surface area contributed by atoms with Gasteiger partial charge in [0.1, 0.15) is 0 Å². The lowest BCUT2D eigenvalue weighted by molar-refractivity contribution is -0.139. The van der Waals surface area contributed by atoms with Crippen molar-refractivity contribution in [2.45, 2.75) is 26.2 Å². The minimum absolute atomic E-state index is 0.221. The zero-order chi connectivity index (χ0) is 15.6. The van der Waals surface area contributed by atoms with Gasteiger partial charge in [0.25, 0.3) is 0 Å². The van der Waals surface area contributed by atoms with Crippen LogP contribution in [0.1, 0.15) is 30.9 Å². The summed E-state index contributed by atoms with van der Waals surface area (Å²) in [4.78, 5) is 12.3. The molecule has 2 heteroatoms. The van der Waals surface area contributed by atoms with Crippen molar-refractivity contribution in [1.29, 1.82) is 0 Å². The van der Waals surface area contributed by atoms with Gasteiger partial charge in [-0.2, -0.15) is 0 Å². The minimum Gasteiger partial charge on any atom is -0.462 e. The fourth-order valence-corrected chi connectivity index (χ4v) is 2.15. The van der Waals surface area contributed by atoms with Crippen LogP contribution in [-0.2, 0) is 16.0 Å². The Kier molecular flexibility index (Phi) is 6.43. The van der Waals surface area contributed by atoms with Crippen LogP contribution in [-0.4, -0.2) is 12.6 Å². The zero-order valence-corrected chi connectivity index (χ0v) is 13.0. The predicted molar refractivity (Wildman–Crippen MR) is 90.4 cm³/mol. The van der Waals surface area contributed by atoms with Gasteiger partial charge in [0.2, 0.25) is 0 Å². The fourth-order valence-electron chi connectivity index (χ4n) is 2.15. The molecule has 0 saturated carbocycles. The molecule has 0 aromatic heterocycles. The molecule has 0 amide bonds. The van der Waals surface area contributed by atoms with E-state index >= 15 is 0 Å². The van der Waals surface area contributed by atoms with Gasteiger partial charge in [0, 0.05) is 12.0 Å². The van der Waals surface area contributed by atoms with Gasteiger partial charge < -0.3 is 4.74 Å². The molecule has 0 heterocycles. The number of carbonyl (C=O) groups excluding carboxylic acids is 1. The van der Waals surface area contributed by atoms with Crippen molar-refractivity contribution in [3.63, 3.8) is 0 Å². The lowest BCUT2D eigenvalue weighted by Gasteiger charge is -2.09. The second kappa shape index (κ2) is 8.83. The molecule has 2 nitrogen and oxygen atoms in total. The molecule has 2 aromatic carbocycles. The molecule has 2 rings (SSSR count). The van der Waals surface area contributed by atoms with Crippen molar-refractivity contribution >= 4 is 12.0 Å². The van der Waals surface area contributed by atoms with Crippen molar-refractivity contribution in [2.24, 2.45) is 0 Å². The highest BCUT2D eigenvalue weighted by atomic mass is 16.5. The molecule has 0 fully saturated rings. The van der Waals surface area contributed by atoms with Crippen LogP contribution in [0.4, 0.5) is 0 Å². The van der Waals surface area contributed by atoms with Crippen LogP contribution >= 0.6 is 0 Å². The summed E-state index contributed by atoms with van der Waals surface area (Å²) in [5, 5.41) is 0. The molecule has 0 spiro atoms. The first-order valence-corrected chi connectivity index (χ1v) is 7.76. The number of ether oxygens (including phenoxy) is 1. The second-order valence-electron chi connectivity index (χ2n) is 5.23. The van der Waals surface area contributed by atoms with Gasteiger partial charge in [-0.3, -0.25) is 0 Å². The van der Waals surface area contributed by atoms with Crippen LogP contribution in [0.5, 0.6) is 0 Å². The summed E-state index contributed by atoms with van der Waals surface area (Å²) in [6.07, 6.45) is 4.42. The molecular formula is C20H22O2. The molecular weight excluding hydrogens is 272 g/mol. The minimum atomic E-state index is -0.221. The first-order chi connectivity index (χ1) is 10.8. The summed E-state index contributed by atoms with van der Waals surface area (Å²) in [5.74, 6) is -0.221. The highest BCUT2D eigenvalue weighted by molar-refractivity contribution is 5.94. The second-order valence-corrected chi connectivity index (χ2v) is 5.23. The Labute approximate surface area is 132 Å². The van der Waals surface area contributed by atoms with Gasteiger partial charge in [0.15, 0.2) is 0 Å². The van der Waals surface area contributed by atoms with Gasteiger partial charge in [0.05, 0.1) is 6.61 Å². The van der Waals surface area contributed by atoms with E-state index in [0.717, 1.165) is 24.0 Å². The number of hydrogen-bond donors (Lipinski definition) is 0. The Hall–Kier alpha value is -2.35. The van der Waals surface area contributed by atoms with Gasteiger partial charge in [-0.15, -0.1) is 0 Å². The Morgan fingerprint density at radius 1 is 1.00 bits per heavy atom. The van der Waals surface area contributed by atoms with E-state index in [2.05, 4.69) is 6.92 Å². The monoisotopic (exact) mass is 294 g/mol. The molecule has 0 saturated heterocycles. The molecule has 0 aliphatic heterocycles. The molecule has 0 bridgehead atoms. The van der Waals surface area contributed by atoms with Crippen LogP contribution in [0.2, 0.25) is 0 Å². The largest absolute Gasteiger partial charge is 0.462 e. The van der Waals surface area contributed by atoms with Crippen molar-refractivity contribution in [2.75, 3.05) is 6.61 Å². The molecule has 0 atom stereocenters. The molecule has 0 unspecified atom stereocenters. The zero-order valence-electron chi connectivity index (χ0n) is 13.0. The Morgan fingerprint density at radius 2 is 1.64 bits per heavy atom. The summed E-state index contributed by atoms with van der Waals surface area (Å²) < 4.78 is 5.38. The van der Waals surface area contributed by atoms with Crippen LogP contribution in [0, 0.1) is 0 Å². The standard InChI is InChI=1S/C20H22O2/c1-2-3-14-22-20(21)19(15-17-10-6-4-7-11-17)16-18-12-8-5-9-13-18/h4-13,15H,2-3,14,16H2,1H3/b19-15-. The van der Waals surface area contributed by atoms with Gasteiger partial charge in [-0.05, 0) is 23.6 Å². The van der Waals surface area contributed by atoms with Crippen LogP contribution in [0.25, 0.3) is 6.08 Å². The molecule has 0 aliphatic carbocycles. The Morgan fingerprint density at radius 3 is 2.27 bits per heavy atom. The fraction of sp³-hybridized carbons (Fsp3) is 0.250. The van der Waals surface area contributed by atoms with E-state index in [1.807, 2.05) is 66.7 Å². The lowest BCUT2D eigenvalue weighted by Crippen LogP contribution is -2.11. The van der Waals surface area contributed by atoms with Gasteiger partial charge in [-0.25, -0.2) is 4.79 Å². The molecule has 0 radical (unpaired) electrons. The van der Waals surface area contributed by atoms with Crippen LogP contribution in [0.15, 0.2) is 66.2 Å². The van der Waals surface area contributed by atoms with E-state index in [0.29, 0.717) is 18.6 Å². The molecule has 0 N–H and O–H groups in total.